The Labute approximate surface area is 133 Å². The number of benzene rings is 1. The van der Waals surface area contributed by atoms with E-state index in [2.05, 4.69) is 10.4 Å². The number of hydrogen-bond donors (Lipinski definition) is 1. The first kappa shape index (κ1) is 15.7. The van der Waals surface area contributed by atoms with E-state index in [0.717, 1.165) is 21.8 Å². The van der Waals surface area contributed by atoms with Crippen LogP contribution in [-0.2, 0) is 11.8 Å². The van der Waals surface area contributed by atoms with Crippen LogP contribution in [0, 0.1) is 6.92 Å². The van der Waals surface area contributed by atoms with E-state index in [1.165, 1.54) is 6.08 Å². The van der Waals surface area contributed by atoms with Gasteiger partial charge in [0, 0.05) is 29.3 Å². The smallest absolute Gasteiger partial charge is 0.248 e. The zero-order valence-electron chi connectivity index (χ0n) is 12.1. The summed E-state index contributed by atoms with van der Waals surface area (Å²) in [5.74, 6) is -0.203. The largest absolute Gasteiger partial charge is 0.323 e. The number of hydrogen-bond acceptors (Lipinski definition) is 3. The molecule has 0 saturated heterocycles. The number of carbonyl (C=O) groups is 1. The lowest BCUT2D eigenvalue weighted by Crippen LogP contribution is -2.07. The summed E-state index contributed by atoms with van der Waals surface area (Å²) in [6.45, 7) is 1.85. The highest BCUT2D eigenvalue weighted by atomic mass is 35.5. The Kier molecular flexibility index (Phi) is 5.09. The molecule has 0 aliphatic rings. The van der Waals surface area contributed by atoms with E-state index in [1.54, 1.807) is 29.6 Å². The van der Waals surface area contributed by atoms with Gasteiger partial charge in [-0.1, -0.05) is 11.6 Å². The van der Waals surface area contributed by atoms with Crippen molar-refractivity contribution in [2.45, 2.75) is 11.8 Å². The molecule has 0 saturated carbocycles. The van der Waals surface area contributed by atoms with E-state index < -0.39 is 0 Å². The van der Waals surface area contributed by atoms with Gasteiger partial charge >= 0.3 is 0 Å². The van der Waals surface area contributed by atoms with Crippen LogP contribution >= 0.6 is 23.4 Å². The predicted octanol–water partition coefficient (Wildman–Crippen LogP) is 3.76. The van der Waals surface area contributed by atoms with Crippen molar-refractivity contribution in [1.29, 1.82) is 0 Å². The summed E-state index contributed by atoms with van der Waals surface area (Å²) in [7, 11) is 1.76. The third-order valence-electron chi connectivity index (χ3n) is 2.96. The highest BCUT2D eigenvalue weighted by Crippen LogP contribution is 2.20. The summed E-state index contributed by atoms with van der Waals surface area (Å²) in [6.07, 6.45) is 5.14. The van der Waals surface area contributed by atoms with Gasteiger partial charge in [-0.2, -0.15) is 5.10 Å². The molecule has 110 valence electrons. The van der Waals surface area contributed by atoms with Crippen LogP contribution in [0.2, 0.25) is 5.15 Å². The Morgan fingerprint density at radius 1 is 1.38 bits per heavy atom. The van der Waals surface area contributed by atoms with E-state index >= 15 is 0 Å². The minimum atomic E-state index is -0.203. The van der Waals surface area contributed by atoms with E-state index in [4.69, 9.17) is 11.6 Å². The van der Waals surface area contributed by atoms with Crippen molar-refractivity contribution in [3.63, 3.8) is 0 Å². The van der Waals surface area contributed by atoms with E-state index in [9.17, 15) is 4.79 Å². The van der Waals surface area contributed by atoms with Crippen molar-refractivity contribution in [2.24, 2.45) is 7.05 Å². The second kappa shape index (κ2) is 6.83. The molecule has 0 spiro atoms. The topological polar surface area (TPSA) is 46.9 Å². The number of aryl methyl sites for hydroxylation is 2. The van der Waals surface area contributed by atoms with Crippen LogP contribution in [0.5, 0.6) is 0 Å². The van der Waals surface area contributed by atoms with E-state index in [0.29, 0.717) is 5.15 Å². The number of nitrogens with one attached hydrogen (secondary N) is 1. The fraction of sp³-hybridized carbons (Fsp3) is 0.200. The first-order valence-electron chi connectivity index (χ1n) is 6.33. The van der Waals surface area contributed by atoms with Gasteiger partial charge in [-0.05, 0) is 43.5 Å². The minimum Gasteiger partial charge on any atom is -0.323 e. The Bertz CT molecular complexity index is 677. The van der Waals surface area contributed by atoms with Crippen LogP contribution in [0.1, 0.15) is 11.3 Å². The number of amides is 1. The van der Waals surface area contributed by atoms with Gasteiger partial charge in [-0.15, -0.1) is 11.8 Å². The van der Waals surface area contributed by atoms with Crippen LogP contribution < -0.4 is 5.32 Å². The minimum absolute atomic E-state index is 0.203. The lowest BCUT2D eigenvalue weighted by atomic mass is 10.2. The van der Waals surface area contributed by atoms with Gasteiger partial charge in [-0.25, -0.2) is 0 Å². The molecule has 1 heterocycles. The molecule has 4 nitrogen and oxygen atoms in total. The maximum atomic E-state index is 11.9. The number of nitrogens with zero attached hydrogens (tertiary/aromatic N) is 2. The standard InChI is InChI=1S/C15H16ClN3OS/c1-10-13(15(16)19(2)18-10)8-9-14(20)17-11-4-6-12(21-3)7-5-11/h4-9H,1-3H3,(H,17,20)/b9-8+. The lowest BCUT2D eigenvalue weighted by molar-refractivity contribution is -0.111. The van der Waals surface area contributed by atoms with Gasteiger partial charge < -0.3 is 5.32 Å². The summed E-state index contributed by atoms with van der Waals surface area (Å²) in [5, 5.41) is 7.51. The Morgan fingerprint density at radius 3 is 2.57 bits per heavy atom. The molecule has 0 aliphatic heterocycles. The maximum absolute atomic E-state index is 11.9. The molecule has 1 aromatic heterocycles. The van der Waals surface area contributed by atoms with Crippen molar-refractivity contribution in [3.05, 3.63) is 46.8 Å². The Balaban J connectivity index is 2.05. The van der Waals surface area contributed by atoms with Crippen LogP contribution in [0.25, 0.3) is 6.08 Å². The molecule has 0 radical (unpaired) electrons. The zero-order valence-corrected chi connectivity index (χ0v) is 13.6. The number of carbonyl (C=O) groups excluding carboxylic acids is 1. The molecule has 6 heteroatoms. The van der Waals surface area contributed by atoms with Gasteiger partial charge in [0.2, 0.25) is 5.91 Å². The van der Waals surface area contributed by atoms with Crippen LogP contribution in [0.4, 0.5) is 5.69 Å². The average molecular weight is 322 g/mol. The van der Waals surface area contributed by atoms with Crippen molar-refractivity contribution in [1.82, 2.24) is 9.78 Å². The van der Waals surface area contributed by atoms with Crippen molar-refractivity contribution in [2.75, 3.05) is 11.6 Å². The number of anilines is 1. The molecule has 0 aliphatic carbocycles. The molecule has 21 heavy (non-hydrogen) atoms. The van der Waals surface area contributed by atoms with E-state index in [-0.39, 0.29) is 5.91 Å². The molecule has 0 fully saturated rings. The molecule has 1 N–H and O–H groups in total. The Hall–Kier alpha value is -1.72. The Morgan fingerprint density at radius 2 is 2.05 bits per heavy atom. The lowest BCUT2D eigenvalue weighted by Gasteiger charge is -2.03. The number of thioether (sulfide) groups is 1. The molecule has 1 aromatic carbocycles. The first-order valence-corrected chi connectivity index (χ1v) is 7.93. The third-order valence-corrected chi connectivity index (χ3v) is 4.15. The monoisotopic (exact) mass is 321 g/mol. The summed E-state index contributed by atoms with van der Waals surface area (Å²) in [5.41, 5.74) is 2.30. The normalized spacial score (nSPS) is 11.0. The van der Waals surface area contributed by atoms with E-state index in [1.807, 2.05) is 37.4 Å². The molecule has 0 bridgehead atoms. The van der Waals surface area contributed by atoms with Crippen LogP contribution in [0.3, 0.4) is 0 Å². The van der Waals surface area contributed by atoms with Gasteiger partial charge in [0.25, 0.3) is 0 Å². The van der Waals surface area contributed by atoms with Gasteiger partial charge in [-0.3, -0.25) is 9.48 Å². The molecular weight excluding hydrogens is 306 g/mol. The van der Waals surface area contributed by atoms with Gasteiger partial charge in [0.1, 0.15) is 5.15 Å². The second-order valence-corrected chi connectivity index (χ2v) is 5.70. The highest BCUT2D eigenvalue weighted by Gasteiger charge is 2.08. The fourth-order valence-corrected chi connectivity index (χ4v) is 2.50. The molecule has 2 aromatic rings. The molecular formula is C15H16ClN3OS. The summed E-state index contributed by atoms with van der Waals surface area (Å²) in [4.78, 5) is 13.1. The molecule has 0 unspecified atom stereocenters. The summed E-state index contributed by atoms with van der Waals surface area (Å²) < 4.78 is 1.58. The van der Waals surface area contributed by atoms with Crippen molar-refractivity contribution < 1.29 is 4.79 Å². The molecule has 0 atom stereocenters. The highest BCUT2D eigenvalue weighted by molar-refractivity contribution is 7.98. The van der Waals surface area contributed by atoms with Gasteiger partial charge in [0.15, 0.2) is 0 Å². The summed E-state index contributed by atoms with van der Waals surface area (Å²) in [6, 6.07) is 7.68. The predicted molar refractivity (Wildman–Crippen MR) is 88.8 cm³/mol. The first-order chi connectivity index (χ1) is 10.0. The molecule has 2 rings (SSSR count). The number of rotatable bonds is 4. The third kappa shape index (κ3) is 3.89. The SMILES string of the molecule is CSc1ccc(NC(=O)/C=C/c2c(C)nn(C)c2Cl)cc1. The average Bonchev–Trinajstić information content (AvgIpc) is 2.71. The van der Waals surface area contributed by atoms with Crippen LogP contribution in [0.15, 0.2) is 35.2 Å². The molecule has 1 amide bonds. The zero-order chi connectivity index (χ0) is 15.4. The van der Waals surface area contributed by atoms with Crippen LogP contribution in [-0.4, -0.2) is 21.9 Å². The van der Waals surface area contributed by atoms with Crippen molar-refractivity contribution >= 4 is 41.0 Å². The summed E-state index contributed by atoms with van der Waals surface area (Å²) >= 11 is 7.77. The van der Waals surface area contributed by atoms with Crippen molar-refractivity contribution in [3.8, 4) is 0 Å². The number of halogens is 1. The maximum Gasteiger partial charge on any atom is 0.248 e. The number of aromatic nitrogens is 2. The van der Waals surface area contributed by atoms with Gasteiger partial charge in [0.05, 0.1) is 5.69 Å². The fourth-order valence-electron chi connectivity index (χ4n) is 1.85. The quantitative estimate of drug-likeness (QED) is 0.689. The second-order valence-electron chi connectivity index (χ2n) is 4.46.